The fourth-order valence-electron chi connectivity index (χ4n) is 6.24. The van der Waals surface area contributed by atoms with Gasteiger partial charge in [-0.1, -0.05) is 22.4 Å². The summed E-state index contributed by atoms with van der Waals surface area (Å²) < 4.78 is 76.0. The third-order valence-corrected chi connectivity index (χ3v) is 8.37. The molecule has 4 heterocycles. The largest absolute Gasteiger partial charge is 0.573 e. The number of piperidine rings is 1. The number of alkyl halides is 3. The van der Waals surface area contributed by atoms with Crippen LogP contribution in [0.4, 0.5) is 23.6 Å². The minimum Gasteiger partial charge on any atom is -0.478 e. The van der Waals surface area contributed by atoms with E-state index in [2.05, 4.69) is 20.1 Å². The van der Waals surface area contributed by atoms with Crippen molar-refractivity contribution in [3.8, 4) is 28.5 Å². The van der Waals surface area contributed by atoms with Crippen LogP contribution in [0, 0.1) is 5.82 Å². The van der Waals surface area contributed by atoms with Crippen LogP contribution in [-0.2, 0) is 11.3 Å². The summed E-state index contributed by atoms with van der Waals surface area (Å²) in [6, 6.07) is 9.63. The fourth-order valence-corrected chi connectivity index (χ4v) is 6.24. The number of carboxylic acids is 1. The normalized spacial score (nSPS) is 21.5. The molecule has 2 aromatic heterocycles. The molecule has 10 nitrogen and oxygen atoms in total. The molecule has 1 unspecified atom stereocenters. The maximum absolute atomic E-state index is 14.6. The number of nitrogens with zero attached hydrogens (tertiary/aromatic N) is 4. The zero-order valence-corrected chi connectivity index (χ0v) is 23.1. The summed E-state index contributed by atoms with van der Waals surface area (Å²) >= 11 is 0. The van der Waals surface area contributed by atoms with Crippen molar-refractivity contribution in [1.82, 2.24) is 15.4 Å². The maximum atomic E-state index is 14.6. The van der Waals surface area contributed by atoms with E-state index in [1.807, 2.05) is 4.90 Å². The highest BCUT2D eigenvalue weighted by Gasteiger charge is 2.44. The number of carbonyl (C=O) groups is 1. The molecule has 3 fully saturated rings. The topological polar surface area (TPSA) is 124 Å². The molecular weight excluding hydrogens is 588 g/mol. The third kappa shape index (κ3) is 5.49. The van der Waals surface area contributed by atoms with Gasteiger partial charge >= 0.3 is 18.3 Å². The zero-order chi connectivity index (χ0) is 30.6. The second-order valence-corrected chi connectivity index (χ2v) is 11.3. The molecule has 14 heteroatoms. The summed E-state index contributed by atoms with van der Waals surface area (Å²) in [5.74, 6) is -1.65. The molecule has 1 N–H and O–H groups in total. The highest BCUT2D eigenvalue weighted by Crippen LogP contribution is 2.46. The summed E-state index contributed by atoms with van der Waals surface area (Å²) in [4.78, 5) is 13.2. The van der Waals surface area contributed by atoms with Crippen molar-refractivity contribution in [2.24, 2.45) is 0 Å². The lowest BCUT2D eigenvalue weighted by atomic mass is 9.99. The SMILES string of the molecule is O=C(O)c1ccc(-c2nnc(N3[C@@H]4CC[C@H]3CC(OCc3c(-c5ccccc5OC(F)(F)F)noc3C3CC3)C4)o2)c(F)c1. The summed E-state index contributed by atoms with van der Waals surface area (Å²) in [7, 11) is 0. The molecule has 230 valence electrons. The Bertz CT molecular complexity index is 1690. The summed E-state index contributed by atoms with van der Waals surface area (Å²) in [6.07, 6.45) is -0.193. The average Bonchev–Trinajstić information content (AvgIpc) is 3.45. The number of fused-ring (bicyclic) bond motifs is 2. The Hall–Kier alpha value is -4.46. The lowest BCUT2D eigenvalue weighted by Crippen LogP contribution is -2.45. The number of halogens is 4. The van der Waals surface area contributed by atoms with Crippen molar-refractivity contribution in [3.63, 3.8) is 0 Å². The molecule has 44 heavy (non-hydrogen) atoms. The van der Waals surface area contributed by atoms with Crippen molar-refractivity contribution in [3.05, 3.63) is 65.2 Å². The number of rotatable bonds is 9. The highest BCUT2D eigenvalue weighted by molar-refractivity contribution is 5.88. The Kier molecular flexibility index (Phi) is 7.03. The molecule has 2 aromatic carbocycles. The lowest BCUT2D eigenvalue weighted by molar-refractivity contribution is -0.274. The molecule has 4 aromatic rings. The van der Waals surface area contributed by atoms with Gasteiger partial charge < -0.3 is 28.4 Å². The van der Waals surface area contributed by atoms with Crippen LogP contribution in [-0.4, -0.2) is 51.0 Å². The third-order valence-electron chi connectivity index (χ3n) is 8.37. The summed E-state index contributed by atoms with van der Waals surface area (Å²) in [5, 5.41) is 21.4. The van der Waals surface area contributed by atoms with E-state index in [4.69, 9.17) is 18.8 Å². The number of benzene rings is 2. The Labute approximate surface area is 247 Å². The maximum Gasteiger partial charge on any atom is 0.573 e. The molecule has 0 radical (unpaired) electrons. The van der Waals surface area contributed by atoms with Crippen LogP contribution < -0.4 is 9.64 Å². The van der Waals surface area contributed by atoms with Crippen LogP contribution >= 0.6 is 0 Å². The number of para-hydroxylation sites is 1. The van der Waals surface area contributed by atoms with Crippen LogP contribution in [0.25, 0.3) is 22.7 Å². The van der Waals surface area contributed by atoms with E-state index in [-0.39, 0.29) is 70.8 Å². The Balaban J connectivity index is 1.07. The van der Waals surface area contributed by atoms with E-state index in [0.29, 0.717) is 24.2 Å². The van der Waals surface area contributed by atoms with Gasteiger partial charge in [0, 0.05) is 29.1 Å². The number of hydrogen-bond acceptors (Lipinski definition) is 9. The van der Waals surface area contributed by atoms with Crippen molar-refractivity contribution in [2.45, 2.75) is 75.6 Å². The molecule has 2 bridgehead atoms. The first kappa shape index (κ1) is 28.3. The monoisotopic (exact) mass is 614 g/mol. The molecule has 2 aliphatic heterocycles. The van der Waals surface area contributed by atoms with Crippen LogP contribution in [0.3, 0.4) is 0 Å². The predicted molar refractivity (Wildman–Crippen MR) is 144 cm³/mol. The van der Waals surface area contributed by atoms with Crippen molar-refractivity contribution < 1.29 is 45.9 Å². The quantitative estimate of drug-likeness (QED) is 0.203. The molecule has 0 spiro atoms. The van der Waals surface area contributed by atoms with Gasteiger partial charge in [-0.25, -0.2) is 9.18 Å². The Morgan fingerprint density at radius 1 is 1.02 bits per heavy atom. The van der Waals surface area contributed by atoms with Crippen LogP contribution in [0.2, 0.25) is 0 Å². The van der Waals surface area contributed by atoms with Gasteiger partial charge in [0.1, 0.15) is 23.0 Å². The summed E-state index contributed by atoms with van der Waals surface area (Å²) in [5.41, 5.74) is 0.896. The molecule has 7 rings (SSSR count). The van der Waals surface area contributed by atoms with Gasteiger partial charge in [0.2, 0.25) is 0 Å². The fraction of sp³-hybridized carbons (Fsp3) is 0.400. The number of hydrogen-bond donors (Lipinski definition) is 1. The van der Waals surface area contributed by atoms with Crippen LogP contribution in [0.15, 0.2) is 51.4 Å². The molecule has 2 saturated heterocycles. The van der Waals surface area contributed by atoms with E-state index in [9.17, 15) is 22.4 Å². The highest BCUT2D eigenvalue weighted by atomic mass is 19.4. The minimum atomic E-state index is -4.86. The van der Waals surface area contributed by atoms with Gasteiger partial charge in [-0.05, 0) is 68.9 Å². The average molecular weight is 615 g/mol. The van der Waals surface area contributed by atoms with Gasteiger partial charge in [0.05, 0.1) is 23.8 Å². The van der Waals surface area contributed by atoms with E-state index < -0.39 is 18.1 Å². The predicted octanol–water partition coefficient (Wildman–Crippen LogP) is 6.72. The van der Waals surface area contributed by atoms with Gasteiger partial charge in [-0.3, -0.25) is 0 Å². The van der Waals surface area contributed by atoms with Gasteiger partial charge in [0.15, 0.2) is 0 Å². The van der Waals surface area contributed by atoms with E-state index in [1.54, 1.807) is 6.07 Å². The number of aromatic carboxylic acids is 1. The molecule has 0 amide bonds. The van der Waals surface area contributed by atoms with Gasteiger partial charge in [-0.2, -0.15) is 0 Å². The zero-order valence-electron chi connectivity index (χ0n) is 23.1. The second-order valence-electron chi connectivity index (χ2n) is 11.3. The van der Waals surface area contributed by atoms with Crippen molar-refractivity contribution in [1.29, 1.82) is 0 Å². The van der Waals surface area contributed by atoms with E-state index >= 15 is 0 Å². The second kappa shape index (κ2) is 10.9. The smallest absolute Gasteiger partial charge is 0.478 e. The molecule has 3 aliphatic rings. The van der Waals surface area contributed by atoms with E-state index in [1.165, 1.54) is 30.3 Å². The number of aromatic nitrogens is 3. The van der Waals surface area contributed by atoms with Crippen LogP contribution in [0.5, 0.6) is 5.75 Å². The number of anilines is 1. The first-order valence-electron chi connectivity index (χ1n) is 14.2. The first-order chi connectivity index (χ1) is 21.1. The van der Waals surface area contributed by atoms with Crippen molar-refractivity contribution in [2.75, 3.05) is 4.90 Å². The first-order valence-corrected chi connectivity index (χ1v) is 14.2. The lowest BCUT2D eigenvalue weighted by Gasteiger charge is -2.37. The van der Waals surface area contributed by atoms with Crippen LogP contribution in [0.1, 0.15) is 66.1 Å². The minimum absolute atomic E-state index is 0.0116. The van der Waals surface area contributed by atoms with Gasteiger partial charge in [0.25, 0.3) is 5.89 Å². The van der Waals surface area contributed by atoms with Gasteiger partial charge in [-0.15, -0.1) is 18.3 Å². The van der Waals surface area contributed by atoms with E-state index in [0.717, 1.165) is 31.7 Å². The summed E-state index contributed by atoms with van der Waals surface area (Å²) in [6.45, 7) is 0.117. The molecule has 1 saturated carbocycles. The standard InChI is InChI=1S/C30H26F4N4O6/c31-23-11-16(28(39)40)7-10-20(23)27-35-36-29(42-27)38-17-8-9-18(38)13-19(12-17)41-14-22-25(37-44-26(22)15-5-6-15)21-3-1-2-4-24(21)43-30(32,33)34/h1-4,7,10-11,15,17-19H,5-6,8-9,12-14H2,(H,39,40)/t17-,18+,19?. The number of carboxylic acid groups (broad SMARTS) is 1. The Morgan fingerprint density at radius 3 is 2.45 bits per heavy atom. The van der Waals surface area contributed by atoms with Crippen molar-refractivity contribution >= 4 is 12.0 Å². The molecular formula is C30H26F4N4O6. The molecule has 1 aliphatic carbocycles. The Morgan fingerprint density at radius 2 is 1.77 bits per heavy atom. The molecule has 3 atom stereocenters. The number of ether oxygens (including phenoxy) is 2.